The minimum absolute atomic E-state index is 0.142. The molecule has 1 saturated heterocycles. The third kappa shape index (κ3) is 2.98. The number of nitrogens with zero attached hydrogens (tertiary/aromatic N) is 2. The van der Waals surface area contributed by atoms with Crippen molar-refractivity contribution < 1.29 is 4.79 Å². The number of carbonyl (C=O) groups excluding carboxylic acids is 1. The Bertz CT molecular complexity index is 634. The van der Waals surface area contributed by atoms with Crippen LogP contribution in [0.4, 0.5) is 5.69 Å². The van der Waals surface area contributed by atoms with Crippen molar-refractivity contribution in [2.75, 3.05) is 32.1 Å². The van der Waals surface area contributed by atoms with E-state index < -0.39 is 0 Å². The SMILES string of the molecule is CN(C)c1ccc(C(=O)N2CCC(c3ccccc3)C2)cc1. The minimum atomic E-state index is 0.142. The van der Waals surface area contributed by atoms with E-state index in [9.17, 15) is 4.79 Å². The first kappa shape index (κ1) is 14.6. The van der Waals surface area contributed by atoms with Gasteiger partial charge in [-0.15, -0.1) is 0 Å². The summed E-state index contributed by atoms with van der Waals surface area (Å²) >= 11 is 0. The van der Waals surface area contributed by atoms with Gasteiger partial charge < -0.3 is 9.80 Å². The van der Waals surface area contributed by atoms with Crippen LogP contribution in [0.25, 0.3) is 0 Å². The predicted octanol–water partition coefficient (Wildman–Crippen LogP) is 3.38. The lowest BCUT2D eigenvalue weighted by Crippen LogP contribution is -2.28. The minimum Gasteiger partial charge on any atom is -0.378 e. The standard InChI is InChI=1S/C19H22N2O/c1-20(2)18-10-8-16(9-11-18)19(22)21-13-12-17(14-21)15-6-4-3-5-7-15/h3-11,17H,12-14H2,1-2H3. The Kier molecular flexibility index (Phi) is 4.14. The number of hydrogen-bond acceptors (Lipinski definition) is 2. The number of likely N-dealkylation sites (tertiary alicyclic amines) is 1. The zero-order valence-corrected chi connectivity index (χ0v) is 13.2. The van der Waals surface area contributed by atoms with E-state index in [0.29, 0.717) is 5.92 Å². The lowest BCUT2D eigenvalue weighted by atomic mass is 9.99. The van der Waals surface area contributed by atoms with Crippen LogP contribution in [0, 0.1) is 0 Å². The summed E-state index contributed by atoms with van der Waals surface area (Å²) in [5.74, 6) is 0.606. The van der Waals surface area contributed by atoms with Crippen LogP contribution in [-0.4, -0.2) is 38.0 Å². The third-order valence-corrected chi connectivity index (χ3v) is 4.38. The van der Waals surface area contributed by atoms with Crippen LogP contribution in [0.1, 0.15) is 28.3 Å². The first-order chi connectivity index (χ1) is 10.6. The second-order valence-corrected chi connectivity index (χ2v) is 6.09. The average Bonchev–Trinajstić information content (AvgIpc) is 3.05. The fourth-order valence-electron chi connectivity index (χ4n) is 3.03. The Morgan fingerprint density at radius 3 is 2.36 bits per heavy atom. The van der Waals surface area contributed by atoms with Gasteiger partial charge in [0.15, 0.2) is 0 Å². The molecule has 1 aliphatic heterocycles. The molecule has 0 saturated carbocycles. The summed E-state index contributed by atoms with van der Waals surface area (Å²) in [7, 11) is 4.00. The molecule has 0 radical (unpaired) electrons. The highest BCUT2D eigenvalue weighted by atomic mass is 16.2. The molecule has 0 aromatic heterocycles. The van der Waals surface area contributed by atoms with Gasteiger partial charge in [-0.2, -0.15) is 0 Å². The highest BCUT2D eigenvalue weighted by molar-refractivity contribution is 5.94. The monoisotopic (exact) mass is 294 g/mol. The van der Waals surface area contributed by atoms with Crippen molar-refractivity contribution in [2.24, 2.45) is 0 Å². The lowest BCUT2D eigenvalue weighted by molar-refractivity contribution is 0.0791. The molecule has 0 bridgehead atoms. The van der Waals surface area contributed by atoms with Crippen molar-refractivity contribution in [3.8, 4) is 0 Å². The number of amides is 1. The first-order valence-corrected chi connectivity index (χ1v) is 7.77. The Morgan fingerprint density at radius 2 is 1.73 bits per heavy atom. The summed E-state index contributed by atoms with van der Waals surface area (Å²) in [5.41, 5.74) is 3.22. The van der Waals surface area contributed by atoms with E-state index in [-0.39, 0.29) is 5.91 Å². The fraction of sp³-hybridized carbons (Fsp3) is 0.316. The van der Waals surface area contributed by atoms with Gasteiger partial charge in [-0.1, -0.05) is 30.3 Å². The number of anilines is 1. The third-order valence-electron chi connectivity index (χ3n) is 4.38. The quantitative estimate of drug-likeness (QED) is 0.866. The van der Waals surface area contributed by atoms with Crippen LogP contribution in [0.3, 0.4) is 0 Å². The van der Waals surface area contributed by atoms with Gasteiger partial charge in [0.05, 0.1) is 0 Å². The largest absolute Gasteiger partial charge is 0.378 e. The second kappa shape index (κ2) is 6.22. The van der Waals surface area contributed by atoms with E-state index in [2.05, 4.69) is 24.3 Å². The molecule has 3 nitrogen and oxygen atoms in total. The summed E-state index contributed by atoms with van der Waals surface area (Å²) in [6.45, 7) is 1.66. The van der Waals surface area contributed by atoms with Crippen molar-refractivity contribution in [3.05, 3.63) is 65.7 Å². The molecule has 1 fully saturated rings. The molecule has 2 aromatic rings. The summed E-state index contributed by atoms with van der Waals surface area (Å²) in [4.78, 5) is 16.6. The molecule has 2 aromatic carbocycles. The van der Waals surface area contributed by atoms with Gasteiger partial charge in [0, 0.05) is 44.4 Å². The average molecular weight is 294 g/mol. The number of benzene rings is 2. The molecule has 1 amide bonds. The van der Waals surface area contributed by atoms with Crippen LogP contribution in [0.2, 0.25) is 0 Å². The maximum Gasteiger partial charge on any atom is 0.253 e. The van der Waals surface area contributed by atoms with Gasteiger partial charge in [0.2, 0.25) is 0 Å². The van der Waals surface area contributed by atoms with Gasteiger partial charge in [-0.25, -0.2) is 0 Å². The Morgan fingerprint density at radius 1 is 1.05 bits per heavy atom. The predicted molar refractivity (Wildman–Crippen MR) is 90.5 cm³/mol. The van der Waals surface area contributed by atoms with Crippen molar-refractivity contribution in [1.29, 1.82) is 0 Å². The molecule has 3 heteroatoms. The van der Waals surface area contributed by atoms with Gasteiger partial charge in [0.1, 0.15) is 0 Å². The molecule has 0 spiro atoms. The maximum absolute atomic E-state index is 12.6. The molecule has 114 valence electrons. The number of rotatable bonds is 3. The molecular formula is C19H22N2O. The summed E-state index contributed by atoms with van der Waals surface area (Å²) in [5, 5.41) is 0. The van der Waals surface area contributed by atoms with Gasteiger partial charge >= 0.3 is 0 Å². The number of carbonyl (C=O) groups is 1. The van der Waals surface area contributed by atoms with E-state index >= 15 is 0 Å². The zero-order valence-electron chi connectivity index (χ0n) is 13.2. The molecule has 1 heterocycles. The molecule has 1 atom stereocenters. The molecule has 1 aliphatic rings. The van der Waals surface area contributed by atoms with Crippen LogP contribution in [-0.2, 0) is 0 Å². The van der Waals surface area contributed by atoms with E-state index in [1.807, 2.05) is 54.2 Å². The van der Waals surface area contributed by atoms with Gasteiger partial charge in [-0.3, -0.25) is 4.79 Å². The van der Waals surface area contributed by atoms with Gasteiger partial charge in [-0.05, 0) is 36.2 Å². The maximum atomic E-state index is 12.6. The van der Waals surface area contributed by atoms with Crippen LogP contribution in [0.5, 0.6) is 0 Å². The van der Waals surface area contributed by atoms with Crippen LogP contribution >= 0.6 is 0 Å². The van der Waals surface area contributed by atoms with E-state index in [1.54, 1.807) is 0 Å². The van der Waals surface area contributed by atoms with E-state index in [0.717, 1.165) is 30.8 Å². The summed E-state index contributed by atoms with van der Waals surface area (Å²) in [6.07, 6.45) is 1.05. The van der Waals surface area contributed by atoms with E-state index in [4.69, 9.17) is 0 Å². The first-order valence-electron chi connectivity index (χ1n) is 7.77. The zero-order chi connectivity index (χ0) is 15.5. The Hall–Kier alpha value is -2.29. The molecule has 0 N–H and O–H groups in total. The summed E-state index contributed by atoms with van der Waals surface area (Å²) in [6, 6.07) is 18.3. The Labute approximate surface area is 132 Å². The summed E-state index contributed by atoms with van der Waals surface area (Å²) < 4.78 is 0. The van der Waals surface area contributed by atoms with Crippen molar-refractivity contribution in [1.82, 2.24) is 4.90 Å². The van der Waals surface area contributed by atoms with Gasteiger partial charge in [0.25, 0.3) is 5.91 Å². The second-order valence-electron chi connectivity index (χ2n) is 6.09. The topological polar surface area (TPSA) is 23.6 Å². The van der Waals surface area contributed by atoms with Crippen LogP contribution < -0.4 is 4.90 Å². The number of hydrogen-bond donors (Lipinski definition) is 0. The highest BCUT2D eigenvalue weighted by Gasteiger charge is 2.27. The molecule has 3 rings (SSSR count). The molecule has 22 heavy (non-hydrogen) atoms. The van der Waals surface area contributed by atoms with Crippen molar-refractivity contribution >= 4 is 11.6 Å². The smallest absolute Gasteiger partial charge is 0.253 e. The van der Waals surface area contributed by atoms with Crippen LogP contribution in [0.15, 0.2) is 54.6 Å². The molecular weight excluding hydrogens is 272 g/mol. The van der Waals surface area contributed by atoms with E-state index in [1.165, 1.54) is 5.56 Å². The lowest BCUT2D eigenvalue weighted by Gasteiger charge is -2.18. The van der Waals surface area contributed by atoms with Crippen molar-refractivity contribution in [3.63, 3.8) is 0 Å². The molecule has 0 aliphatic carbocycles. The Balaban J connectivity index is 1.69. The van der Waals surface area contributed by atoms with Crippen molar-refractivity contribution in [2.45, 2.75) is 12.3 Å². The molecule has 1 unspecified atom stereocenters. The fourth-order valence-corrected chi connectivity index (χ4v) is 3.03. The highest BCUT2D eigenvalue weighted by Crippen LogP contribution is 2.28. The normalized spacial score (nSPS) is 17.5.